The summed E-state index contributed by atoms with van der Waals surface area (Å²) in [7, 11) is 0. The Hall–Kier alpha value is -6.71. The predicted octanol–water partition coefficient (Wildman–Crippen LogP) is 13.8. The average molecular weight is 750 g/mol. The van der Waals surface area contributed by atoms with Crippen LogP contribution in [0.25, 0.3) is 67.1 Å². The largest absolute Gasteiger partial charge is 0.346 e. The number of aryl methyl sites for hydroxylation is 1. The normalized spacial score (nSPS) is 18.2. The van der Waals surface area contributed by atoms with E-state index in [4.69, 9.17) is 4.99 Å². The first kappa shape index (κ1) is 35.7. The summed E-state index contributed by atoms with van der Waals surface area (Å²) in [6.45, 7) is 6.70. The molecule has 0 amide bonds. The zero-order valence-electron chi connectivity index (χ0n) is 33.0. The lowest BCUT2D eigenvalue weighted by Gasteiger charge is -2.28. The number of nitrogens with one attached hydrogen (secondary N) is 1. The lowest BCUT2D eigenvalue weighted by molar-refractivity contribution is 0.596. The van der Waals surface area contributed by atoms with Gasteiger partial charge in [-0.1, -0.05) is 159 Å². The van der Waals surface area contributed by atoms with Crippen molar-refractivity contribution in [3.05, 3.63) is 204 Å². The van der Waals surface area contributed by atoms with Crippen LogP contribution in [0.2, 0.25) is 0 Å². The van der Waals surface area contributed by atoms with Crippen molar-refractivity contribution < 1.29 is 0 Å². The summed E-state index contributed by atoms with van der Waals surface area (Å²) in [4.78, 5) is 5.33. The Bertz CT molecular complexity index is 2930. The van der Waals surface area contributed by atoms with Gasteiger partial charge in [0, 0.05) is 17.2 Å². The highest BCUT2D eigenvalue weighted by Gasteiger charge is 2.24. The molecule has 2 unspecified atom stereocenters. The number of para-hydroxylation sites is 1. The van der Waals surface area contributed by atoms with Gasteiger partial charge in [0.25, 0.3) is 0 Å². The lowest BCUT2D eigenvalue weighted by Crippen LogP contribution is -2.35. The Morgan fingerprint density at radius 1 is 0.793 bits per heavy atom. The van der Waals surface area contributed by atoms with Crippen LogP contribution in [0.4, 0.5) is 0 Å². The van der Waals surface area contributed by atoms with E-state index in [1.165, 1.54) is 61.2 Å². The quantitative estimate of drug-likeness (QED) is 0.128. The van der Waals surface area contributed by atoms with Crippen molar-refractivity contribution in [1.82, 2.24) is 9.88 Å². The number of aliphatic imine (C=N–C) groups is 1. The van der Waals surface area contributed by atoms with Gasteiger partial charge in [0.15, 0.2) is 0 Å². The minimum absolute atomic E-state index is 0.183. The van der Waals surface area contributed by atoms with Gasteiger partial charge in [0.2, 0.25) is 0 Å². The van der Waals surface area contributed by atoms with Crippen LogP contribution in [-0.2, 0) is 6.42 Å². The first-order valence-corrected chi connectivity index (χ1v) is 20.8. The SMILES string of the molecule is C=C/C(=C\c1cc2ccccc2n1C1=CC(c2ccccc2)=NC(C2=CC=CC(C)CC2)N1)c1ccccc1-c1ccc2c(c1)c1c(c3ccccc32)CCCC=C1. The maximum Gasteiger partial charge on any atom is 0.142 e. The van der Waals surface area contributed by atoms with E-state index in [9.17, 15) is 0 Å². The van der Waals surface area contributed by atoms with E-state index in [0.717, 1.165) is 65.1 Å². The van der Waals surface area contributed by atoms with E-state index < -0.39 is 0 Å². The first-order chi connectivity index (χ1) is 28.6. The number of allylic oxidation sites excluding steroid dienone is 7. The molecule has 0 saturated heterocycles. The standard InChI is InChI=1S/C55H47N3/c1-3-38(44-22-11-12-23-45(44)41-31-32-50-48-27-14-13-26-46(48)47-24-8-5-9-25-49(47)51(50)35-41)33-43-34-42-20-10-15-28-53(42)58(43)54-36-52(39-18-6-4-7-19-39)56-55(57-54)40-21-16-17-37(2)29-30-40/h3-4,6-7,9-23,25-28,31-37,55,57H,1,5,8,24,29-30H2,2H3/b38-33+. The Labute approximate surface area is 341 Å². The number of hydrogen-bond acceptors (Lipinski definition) is 2. The highest BCUT2D eigenvalue weighted by molar-refractivity contribution is 6.14. The van der Waals surface area contributed by atoms with Crippen LogP contribution >= 0.6 is 0 Å². The van der Waals surface area contributed by atoms with Crippen molar-refractivity contribution in [3.8, 4) is 11.1 Å². The second-order valence-electron chi connectivity index (χ2n) is 15.9. The molecule has 0 radical (unpaired) electrons. The van der Waals surface area contributed by atoms with Crippen molar-refractivity contribution in [2.45, 2.75) is 45.2 Å². The van der Waals surface area contributed by atoms with E-state index in [-0.39, 0.29) is 6.17 Å². The van der Waals surface area contributed by atoms with Crippen LogP contribution in [0.5, 0.6) is 0 Å². The molecule has 282 valence electrons. The molecule has 0 fully saturated rings. The van der Waals surface area contributed by atoms with Crippen LogP contribution < -0.4 is 5.32 Å². The average Bonchev–Trinajstić information content (AvgIpc) is 3.39. The third kappa shape index (κ3) is 6.57. The maximum absolute atomic E-state index is 5.33. The van der Waals surface area contributed by atoms with Gasteiger partial charge < -0.3 is 5.32 Å². The fourth-order valence-electron chi connectivity index (χ4n) is 9.22. The molecule has 10 rings (SSSR count). The Morgan fingerprint density at radius 2 is 1.59 bits per heavy atom. The van der Waals surface area contributed by atoms with Crippen molar-refractivity contribution in [2.75, 3.05) is 0 Å². The third-order valence-corrected chi connectivity index (χ3v) is 12.2. The van der Waals surface area contributed by atoms with Gasteiger partial charge >= 0.3 is 0 Å². The van der Waals surface area contributed by atoms with Crippen LogP contribution in [0.15, 0.2) is 181 Å². The van der Waals surface area contributed by atoms with Crippen molar-refractivity contribution in [1.29, 1.82) is 0 Å². The molecule has 3 aliphatic rings. The number of benzene rings is 6. The van der Waals surface area contributed by atoms with Crippen molar-refractivity contribution >= 4 is 61.7 Å². The van der Waals surface area contributed by atoms with Gasteiger partial charge in [-0.25, -0.2) is 0 Å². The van der Waals surface area contributed by atoms with Crippen molar-refractivity contribution in [2.24, 2.45) is 10.9 Å². The number of aromatic nitrogens is 1. The van der Waals surface area contributed by atoms with Crippen LogP contribution in [0.1, 0.15) is 60.6 Å². The van der Waals surface area contributed by atoms with Gasteiger partial charge in [-0.2, -0.15) is 0 Å². The zero-order chi connectivity index (χ0) is 39.0. The van der Waals surface area contributed by atoms with Gasteiger partial charge in [0.1, 0.15) is 12.0 Å². The third-order valence-electron chi connectivity index (χ3n) is 12.2. The van der Waals surface area contributed by atoms with Gasteiger partial charge in [-0.3, -0.25) is 9.56 Å². The molecule has 7 aromatic rings. The fraction of sp³-hybridized carbons (Fsp3) is 0.145. The molecule has 1 aliphatic heterocycles. The molecule has 0 saturated carbocycles. The van der Waals surface area contributed by atoms with E-state index in [1.807, 2.05) is 6.08 Å². The fourth-order valence-corrected chi connectivity index (χ4v) is 9.22. The van der Waals surface area contributed by atoms with Crippen LogP contribution in [0.3, 0.4) is 0 Å². The van der Waals surface area contributed by atoms with Crippen molar-refractivity contribution in [3.63, 3.8) is 0 Å². The minimum atomic E-state index is -0.183. The number of hydrogen-bond donors (Lipinski definition) is 1. The summed E-state index contributed by atoms with van der Waals surface area (Å²) in [5.41, 5.74) is 13.0. The summed E-state index contributed by atoms with van der Waals surface area (Å²) < 4.78 is 2.37. The monoisotopic (exact) mass is 749 g/mol. The number of fused-ring (bicyclic) bond motifs is 7. The number of rotatable bonds is 7. The highest BCUT2D eigenvalue weighted by Crippen LogP contribution is 2.40. The molecular weight excluding hydrogens is 703 g/mol. The smallest absolute Gasteiger partial charge is 0.142 e. The van der Waals surface area contributed by atoms with Gasteiger partial charge in [-0.05, 0) is 128 Å². The Balaban J connectivity index is 1.11. The molecule has 0 bridgehead atoms. The Morgan fingerprint density at radius 3 is 2.48 bits per heavy atom. The molecule has 58 heavy (non-hydrogen) atoms. The van der Waals surface area contributed by atoms with E-state index in [0.29, 0.717) is 5.92 Å². The van der Waals surface area contributed by atoms with E-state index in [2.05, 4.69) is 193 Å². The predicted molar refractivity (Wildman–Crippen MR) is 249 cm³/mol. The second kappa shape index (κ2) is 15.3. The first-order valence-electron chi connectivity index (χ1n) is 20.8. The lowest BCUT2D eigenvalue weighted by atomic mass is 9.87. The van der Waals surface area contributed by atoms with Crippen LogP contribution in [-0.4, -0.2) is 16.4 Å². The summed E-state index contributed by atoms with van der Waals surface area (Å²) in [6.07, 6.45) is 23.3. The van der Waals surface area contributed by atoms with Gasteiger partial charge in [0.05, 0.1) is 11.2 Å². The minimum Gasteiger partial charge on any atom is -0.346 e. The summed E-state index contributed by atoms with van der Waals surface area (Å²) >= 11 is 0. The summed E-state index contributed by atoms with van der Waals surface area (Å²) in [6, 6.07) is 46.3. The molecule has 2 heterocycles. The molecule has 3 nitrogen and oxygen atoms in total. The second-order valence-corrected chi connectivity index (χ2v) is 15.9. The van der Waals surface area contributed by atoms with Crippen LogP contribution in [0, 0.1) is 5.92 Å². The van der Waals surface area contributed by atoms with E-state index in [1.54, 1.807) is 0 Å². The molecule has 6 aromatic carbocycles. The maximum atomic E-state index is 5.33. The molecule has 1 N–H and O–H groups in total. The molecule has 1 aromatic heterocycles. The highest BCUT2D eigenvalue weighted by atomic mass is 15.2. The molecule has 0 spiro atoms. The number of nitrogens with zero attached hydrogens (tertiary/aromatic N) is 2. The molecule has 2 atom stereocenters. The topological polar surface area (TPSA) is 29.3 Å². The summed E-state index contributed by atoms with van der Waals surface area (Å²) in [5, 5.41) is 10.4. The Kier molecular flexibility index (Phi) is 9.43. The molecule has 2 aliphatic carbocycles. The molecule has 3 heteroatoms. The van der Waals surface area contributed by atoms with E-state index >= 15 is 0 Å². The van der Waals surface area contributed by atoms with Gasteiger partial charge in [-0.15, -0.1) is 0 Å². The molecular formula is C55H47N3. The summed E-state index contributed by atoms with van der Waals surface area (Å²) in [5.74, 6) is 1.54. The zero-order valence-corrected chi connectivity index (χ0v) is 33.0.